The highest BCUT2D eigenvalue weighted by molar-refractivity contribution is 6.41. The lowest BCUT2D eigenvalue weighted by molar-refractivity contribution is -0.686. The Bertz CT molecular complexity index is 1470. The Kier molecular flexibility index (Phi) is 7.07. The number of carbonyl (C=O) groups excluding carboxylic acids is 2. The number of methoxy groups -OCH3 is 3. The molecule has 2 aromatic heterocycles. The van der Waals surface area contributed by atoms with Crippen LogP contribution in [0.2, 0.25) is 0 Å². The molecule has 0 spiro atoms. The van der Waals surface area contributed by atoms with Crippen LogP contribution >= 0.6 is 0 Å². The van der Waals surface area contributed by atoms with E-state index >= 15 is 0 Å². The predicted octanol–water partition coefficient (Wildman–Crippen LogP) is 0.564. The molecule has 5 rings (SSSR count). The Morgan fingerprint density at radius 3 is 2.39 bits per heavy atom. The number of Topliss-reactive ketones (excluding diaryl/α,β-unsaturated/α-hetero) is 1. The Hall–Kier alpha value is -4.17. The van der Waals surface area contributed by atoms with Crippen LogP contribution in [0.15, 0.2) is 61.1 Å². The molecule has 0 fully saturated rings. The summed E-state index contributed by atoms with van der Waals surface area (Å²) in [6, 6.07) is 12.7. The first-order valence-corrected chi connectivity index (χ1v) is 11.0. The number of aryl methyl sites for hydroxylation is 2. The number of carbonyl (C=O) groups is 2. The van der Waals surface area contributed by atoms with Gasteiger partial charge in [0.25, 0.3) is 5.78 Å². The van der Waals surface area contributed by atoms with E-state index < -0.39 is 11.8 Å². The van der Waals surface area contributed by atoms with Crippen LogP contribution < -0.4 is 35.9 Å². The normalized spacial score (nSPS) is 11.5. The number of hydrogen-bond acceptors (Lipinski definition) is 7. The number of hydrogen-bond donors (Lipinski definition) is 0. The molecule has 8 nitrogen and oxygen atoms in total. The molecule has 36 heavy (non-hydrogen) atoms. The van der Waals surface area contributed by atoms with Crippen molar-refractivity contribution >= 4 is 22.5 Å². The molecule has 4 aromatic rings. The molecule has 0 saturated heterocycles. The number of esters is 1. The number of pyridine rings is 2. The van der Waals surface area contributed by atoms with Crippen molar-refractivity contribution in [2.45, 2.75) is 13.0 Å². The first kappa shape index (κ1) is 24.9. The summed E-state index contributed by atoms with van der Waals surface area (Å²) in [6.07, 6.45) is 5.57. The molecular formula is C27H23ClN2O6. The van der Waals surface area contributed by atoms with Crippen LogP contribution in [-0.2, 0) is 17.8 Å². The number of fused-ring (bicyclic) bond motifs is 4. The highest BCUT2D eigenvalue weighted by atomic mass is 35.5. The molecule has 0 amide bonds. The summed E-state index contributed by atoms with van der Waals surface area (Å²) >= 11 is 0. The van der Waals surface area contributed by atoms with Crippen molar-refractivity contribution in [3.05, 3.63) is 72.2 Å². The van der Waals surface area contributed by atoms with Crippen LogP contribution in [0.25, 0.3) is 22.0 Å². The van der Waals surface area contributed by atoms with Crippen LogP contribution in [0.1, 0.15) is 15.9 Å². The standard InChI is InChI=1S/C27H23N2O6.ClH/c1-32-22-7-6-16-11-21-19-13-24(34-3)23(33-2)12-17(19)8-10-29(21)15-20(16)26(22)35-27(31)25(30)18-5-4-9-28-14-18;/h4-7,9,11-15H,8,10H2,1-3H3;1H/q+1;/p-1. The second-order valence-corrected chi connectivity index (χ2v) is 8.03. The molecule has 1 aliphatic rings. The zero-order valence-electron chi connectivity index (χ0n) is 19.9. The predicted molar refractivity (Wildman–Crippen MR) is 127 cm³/mol. The average molecular weight is 507 g/mol. The summed E-state index contributed by atoms with van der Waals surface area (Å²) < 4.78 is 24.1. The monoisotopic (exact) mass is 506 g/mol. The maximum atomic E-state index is 12.7. The maximum Gasteiger partial charge on any atom is 0.385 e. The minimum atomic E-state index is -1.01. The van der Waals surface area contributed by atoms with Gasteiger partial charge in [0, 0.05) is 30.4 Å². The first-order valence-electron chi connectivity index (χ1n) is 11.0. The zero-order chi connectivity index (χ0) is 24.5. The molecule has 2 aromatic carbocycles. The molecule has 0 bridgehead atoms. The summed E-state index contributed by atoms with van der Waals surface area (Å²) in [4.78, 5) is 29.2. The summed E-state index contributed by atoms with van der Waals surface area (Å²) in [5.41, 5.74) is 3.35. The molecule has 184 valence electrons. The SMILES string of the molecule is COc1cc2c(cc1OC)-c1cc3ccc(OC)c(OC(=O)C(=O)c4cccnc4)c3c[n+]1CC2.[Cl-]. The summed E-state index contributed by atoms with van der Waals surface area (Å²) in [6.45, 7) is 0.715. The lowest BCUT2D eigenvalue weighted by atomic mass is 9.95. The number of ketones is 1. The van der Waals surface area contributed by atoms with Gasteiger partial charge in [-0.3, -0.25) is 9.78 Å². The minimum absolute atomic E-state index is 0. The fourth-order valence-electron chi connectivity index (χ4n) is 4.35. The van der Waals surface area contributed by atoms with E-state index in [0.717, 1.165) is 28.6 Å². The second-order valence-electron chi connectivity index (χ2n) is 8.03. The minimum Gasteiger partial charge on any atom is -1.00 e. The molecule has 0 saturated carbocycles. The van der Waals surface area contributed by atoms with Gasteiger partial charge in [0.1, 0.15) is 0 Å². The van der Waals surface area contributed by atoms with E-state index in [1.807, 2.05) is 30.5 Å². The van der Waals surface area contributed by atoms with E-state index in [1.165, 1.54) is 25.6 Å². The fraction of sp³-hybridized carbons (Fsp3) is 0.185. The van der Waals surface area contributed by atoms with Crippen LogP contribution in [0.3, 0.4) is 0 Å². The van der Waals surface area contributed by atoms with Gasteiger partial charge >= 0.3 is 5.97 Å². The number of aromatic nitrogens is 2. The Morgan fingerprint density at radius 2 is 1.69 bits per heavy atom. The van der Waals surface area contributed by atoms with Crippen LogP contribution in [-0.4, -0.2) is 38.1 Å². The third-order valence-corrected chi connectivity index (χ3v) is 6.11. The fourth-order valence-corrected chi connectivity index (χ4v) is 4.35. The van der Waals surface area contributed by atoms with Gasteiger partial charge in [-0.1, -0.05) is 0 Å². The highest BCUT2D eigenvalue weighted by Gasteiger charge is 2.28. The van der Waals surface area contributed by atoms with E-state index in [4.69, 9.17) is 18.9 Å². The Labute approximate surface area is 213 Å². The van der Waals surface area contributed by atoms with Gasteiger partial charge in [-0.15, -0.1) is 0 Å². The van der Waals surface area contributed by atoms with E-state index in [-0.39, 0.29) is 23.7 Å². The summed E-state index contributed by atoms with van der Waals surface area (Å²) in [5, 5.41) is 1.49. The van der Waals surface area contributed by atoms with E-state index in [1.54, 1.807) is 26.4 Å². The largest absolute Gasteiger partial charge is 1.00 e. The Balaban J connectivity index is 0.00000304. The van der Waals surface area contributed by atoms with Crippen molar-refractivity contribution in [2.24, 2.45) is 0 Å². The Morgan fingerprint density at radius 1 is 0.944 bits per heavy atom. The van der Waals surface area contributed by atoms with Crippen molar-refractivity contribution in [2.75, 3.05) is 21.3 Å². The van der Waals surface area contributed by atoms with Gasteiger partial charge in [0.15, 0.2) is 35.7 Å². The third kappa shape index (κ3) is 4.31. The number of ether oxygens (including phenoxy) is 4. The number of nitrogens with zero attached hydrogens (tertiary/aromatic N) is 2. The first-order chi connectivity index (χ1) is 17.0. The molecule has 1 aliphatic heterocycles. The lowest BCUT2D eigenvalue weighted by Crippen LogP contribution is -3.00. The average Bonchev–Trinajstić information content (AvgIpc) is 2.91. The van der Waals surface area contributed by atoms with Crippen molar-refractivity contribution < 1.29 is 45.5 Å². The third-order valence-electron chi connectivity index (χ3n) is 6.11. The molecule has 0 radical (unpaired) electrons. The lowest BCUT2D eigenvalue weighted by Gasteiger charge is -2.19. The van der Waals surface area contributed by atoms with Crippen LogP contribution in [0.5, 0.6) is 23.0 Å². The van der Waals surface area contributed by atoms with Gasteiger partial charge in [-0.2, -0.15) is 4.57 Å². The molecule has 3 heterocycles. The van der Waals surface area contributed by atoms with Gasteiger partial charge in [-0.25, -0.2) is 4.79 Å². The molecule has 0 N–H and O–H groups in total. The number of halogens is 1. The van der Waals surface area contributed by atoms with Crippen molar-refractivity contribution in [1.29, 1.82) is 0 Å². The molecule has 0 atom stereocenters. The number of benzene rings is 2. The molecule has 9 heteroatoms. The summed E-state index contributed by atoms with van der Waals surface area (Å²) in [5.74, 6) is 0.107. The zero-order valence-corrected chi connectivity index (χ0v) is 20.7. The summed E-state index contributed by atoms with van der Waals surface area (Å²) in [7, 11) is 4.72. The maximum absolute atomic E-state index is 12.7. The van der Waals surface area contributed by atoms with Gasteiger partial charge < -0.3 is 31.4 Å². The van der Waals surface area contributed by atoms with Crippen LogP contribution in [0, 0.1) is 0 Å². The van der Waals surface area contributed by atoms with Crippen molar-refractivity contribution in [3.63, 3.8) is 0 Å². The van der Waals surface area contributed by atoms with Gasteiger partial charge in [0.05, 0.1) is 32.3 Å². The van der Waals surface area contributed by atoms with Gasteiger partial charge in [0.2, 0.25) is 5.69 Å². The smallest absolute Gasteiger partial charge is 0.385 e. The number of rotatable bonds is 6. The second kappa shape index (κ2) is 10.2. The quantitative estimate of drug-likeness (QED) is 0.124. The van der Waals surface area contributed by atoms with Crippen molar-refractivity contribution in [3.8, 4) is 34.3 Å². The van der Waals surface area contributed by atoms with Crippen molar-refractivity contribution in [1.82, 2.24) is 4.98 Å². The van der Waals surface area contributed by atoms with E-state index in [0.29, 0.717) is 29.2 Å². The van der Waals surface area contributed by atoms with Gasteiger partial charge in [-0.05, 0) is 47.3 Å². The molecule has 0 unspecified atom stereocenters. The highest BCUT2D eigenvalue weighted by Crippen LogP contribution is 2.40. The van der Waals surface area contributed by atoms with Crippen LogP contribution in [0.4, 0.5) is 0 Å². The topological polar surface area (TPSA) is 87.8 Å². The van der Waals surface area contributed by atoms with E-state index in [2.05, 4.69) is 9.55 Å². The van der Waals surface area contributed by atoms with E-state index in [9.17, 15) is 9.59 Å². The molecule has 0 aliphatic carbocycles. The molecular weight excluding hydrogens is 484 g/mol.